The van der Waals surface area contributed by atoms with Crippen molar-refractivity contribution < 1.29 is 18.7 Å². The van der Waals surface area contributed by atoms with E-state index in [-0.39, 0.29) is 12.4 Å². The minimum atomic E-state index is -0.444. The normalized spacial score (nSPS) is 10.7. The Balaban J connectivity index is 2.28. The van der Waals surface area contributed by atoms with Crippen LogP contribution in [0.3, 0.4) is 0 Å². The number of rotatable bonds is 4. The summed E-state index contributed by atoms with van der Waals surface area (Å²) < 4.78 is 25.1. The van der Waals surface area contributed by atoms with E-state index < -0.39 is 5.97 Å². The van der Waals surface area contributed by atoms with Crippen LogP contribution in [0.1, 0.15) is 22.8 Å². The molecule has 1 aromatic heterocycles. The summed E-state index contributed by atoms with van der Waals surface area (Å²) in [4.78, 5) is 16.5. The highest BCUT2D eigenvalue weighted by Crippen LogP contribution is 2.35. The predicted molar refractivity (Wildman–Crippen MR) is 94.4 cm³/mol. The van der Waals surface area contributed by atoms with Crippen LogP contribution in [0.15, 0.2) is 42.6 Å². The Morgan fingerprint density at radius 1 is 1.20 bits per heavy atom. The molecule has 2 aromatic carbocycles. The maximum Gasteiger partial charge on any atom is 0.340 e. The van der Waals surface area contributed by atoms with Crippen LogP contribution < -0.4 is 4.74 Å². The lowest BCUT2D eigenvalue weighted by molar-refractivity contribution is 0.0528. The number of methoxy groups -OCH3 is 1. The molecular weight excluding hydrogens is 321 g/mol. The number of benzene rings is 2. The fourth-order valence-electron chi connectivity index (χ4n) is 2.83. The highest BCUT2D eigenvalue weighted by molar-refractivity contribution is 6.07. The second-order valence-electron chi connectivity index (χ2n) is 5.59. The summed E-state index contributed by atoms with van der Waals surface area (Å²) in [5.41, 5.74) is 2.39. The molecule has 25 heavy (non-hydrogen) atoms. The Morgan fingerprint density at radius 2 is 2.00 bits per heavy atom. The minimum absolute atomic E-state index is 0.276. The zero-order valence-corrected chi connectivity index (χ0v) is 14.3. The topological polar surface area (TPSA) is 48.4 Å². The molecule has 0 radical (unpaired) electrons. The molecule has 0 N–H and O–H groups in total. The first-order valence-corrected chi connectivity index (χ1v) is 7.96. The number of pyridine rings is 1. The van der Waals surface area contributed by atoms with Gasteiger partial charge in [0.05, 0.1) is 24.8 Å². The van der Waals surface area contributed by atoms with E-state index in [9.17, 15) is 9.18 Å². The number of hydrogen-bond donors (Lipinski definition) is 0. The van der Waals surface area contributed by atoms with Crippen LogP contribution in [0.25, 0.3) is 22.0 Å². The molecule has 0 bridgehead atoms. The molecule has 0 aliphatic rings. The van der Waals surface area contributed by atoms with Crippen molar-refractivity contribution in [3.63, 3.8) is 0 Å². The highest BCUT2D eigenvalue weighted by atomic mass is 19.1. The largest absolute Gasteiger partial charge is 0.497 e. The molecule has 128 valence electrons. The Morgan fingerprint density at radius 3 is 2.72 bits per heavy atom. The summed E-state index contributed by atoms with van der Waals surface area (Å²) in [6.07, 6.45) is 1.60. The summed E-state index contributed by atoms with van der Waals surface area (Å²) in [7, 11) is 1.54. The van der Waals surface area contributed by atoms with Gasteiger partial charge in [-0.15, -0.1) is 0 Å². The summed E-state index contributed by atoms with van der Waals surface area (Å²) in [5, 5.41) is 0.680. The molecule has 0 saturated carbocycles. The summed E-state index contributed by atoms with van der Waals surface area (Å²) in [6.45, 7) is 3.71. The van der Waals surface area contributed by atoms with Crippen molar-refractivity contribution in [3.05, 3.63) is 59.5 Å². The average Bonchev–Trinajstić information content (AvgIpc) is 2.63. The number of nitrogens with zero attached hydrogens (tertiary/aromatic N) is 1. The van der Waals surface area contributed by atoms with Crippen LogP contribution in [0.2, 0.25) is 0 Å². The number of ether oxygens (including phenoxy) is 2. The van der Waals surface area contributed by atoms with Crippen molar-refractivity contribution in [2.75, 3.05) is 13.7 Å². The number of hydrogen-bond acceptors (Lipinski definition) is 4. The van der Waals surface area contributed by atoms with E-state index in [1.165, 1.54) is 0 Å². The van der Waals surface area contributed by atoms with Gasteiger partial charge >= 0.3 is 5.97 Å². The van der Waals surface area contributed by atoms with E-state index in [1.807, 2.05) is 6.07 Å². The minimum Gasteiger partial charge on any atom is -0.497 e. The van der Waals surface area contributed by atoms with Gasteiger partial charge in [0, 0.05) is 17.1 Å². The Hall–Kier alpha value is -2.95. The molecule has 0 aliphatic heterocycles. The van der Waals surface area contributed by atoms with E-state index in [0.29, 0.717) is 38.9 Å². The summed E-state index contributed by atoms with van der Waals surface area (Å²) >= 11 is 0. The van der Waals surface area contributed by atoms with Gasteiger partial charge in [0.15, 0.2) is 0 Å². The van der Waals surface area contributed by atoms with Crippen LogP contribution in [0.5, 0.6) is 5.75 Å². The van der Waals surface area contributed by atoms with Gasteiger partial charge in [0.2, 0.25) is 0 Å². The first-order chi connectivity index (χ1) is 12.1. The summed E-state index contributed by atoms with van der Waals surface area (Å²) in [6, 6.07) is 10.2. The van der Waals surface area contributed by atoms with Crippen molar-refractivity contribution in [2.45, 2.75) is 13.8 Å². The zero-order chi connectivity index (χ0) is 18.0. The number of halogens is 1. The van der Waals surface area contributed by atoms with Gasteiger partial charge in [-0.2, -0.15) is 0 Å². The van der Waals surface area contributed by atoms with Gasteiger partial charge < -0.3 is 9.47 Å². The molecule has 0 saturated heterocycles. The van der Waals surface area contributed by atoms with E-state index in [4.69, 9.17) is 9.47 Å². The van der Waals surface area contributed by atoms with Gasteiger partial charge in [-0.1, -0.05) is 12.1 Å². The van der Waals surface area contributed by atoms with Crippen molar-refractivity contribution in [1.29, 1.82) is 0 Å². The molecule has 0 aliphatic carbocycles. The Bertz CT molecular complexity index is 953. The zero-order valence-electron chi connectivity index (χ0n) is 14.3. The van der Waals surface area contributed by atoms with E-state index in [1.54, 1.807) is 57.5 Å². The second kappa shape index (κ2) is 6.89. The third-order valence-electron chi connectivity index (χ3n) is 4.02. The first-order valence-electron chi connectivity index (χ1n) is 7.96. The molecule has 1 heterocycles. The third-order valence-corrected chi connectivity index (χ3v) is 4.02. The maximum absolute atomic E-state index is 14.7. The van der Waals surface area contributed by atoms with E-state index in [0.717, 1.165) is 0 Å². The van der Waals surface area contributed by atoms with Crippen molar-refractivity contribution in [1.82, 2.24) is 4.98 Å². The van der Waals surface area contributed by atoms with Gasteiger partial charge in [0.25, 0.3) is 0 Å². The smallest absolute Gasteiger partial charge is 0.340 e. The van der Waals surface area contributed by atoms with Crippen molar-refractivity contribution in [2.24, 2.45) is 0 Å². The average molecular weight is 339 g/mol. The van der Waals surface area contributed by atoms with Gasteiger partial charge in [-0.25, -0.2) is 9.18 Å². The highest BCUT2D eigenvalue weighted by Gasteiger charge is 2.18. The van der Waals surface area contributed by atoms with Gasteiger partial charge in [-0.05, 0) is 49.2 Å². The maximum atomic E-state index is 14.7. The molecule has 0 unspecified atom stereocenters. The first kappa shape index (κ1) is 16.9. The predicted octanol–water partition coefficient (Wildman–Crippen LogP) is 4.53. The number of fused-ring (bicyclic) bond motifs is 1. The molecule has 0 spiro atoms. The molecule has 0 amide bonds. The molecule has 3 aromatic rings. The van der Waals surface area contributed by atoms with E-state index >= 15 is 0 Å². The number of carbonyl (C=O) groups excluding carboxylic acids is 1. The quantitative estimate of drug-likeness (QED) is 0.655. The molecule has 4 nitrogen and oxygen atoms in total. The lowest BCUT2D eigenvalue weighted by Crippen LogP contribution is -2.06. The summed E-state index contributed by atoms with van der Waals surface area (Å²) in [5.74, 6) is -0.199. The fraction of sp³-hybridized carbons (Fsp3) is 0.200. The van der Waals surface area contributed by atoms with Crippen LogP contribution in [-0.4, -0.2) is 24.7 Å². The van der Waals surface area contributed by atoms with Crippen molar-refractivity contribution in [3.8, 4) is 16.9 Å². The number of aromatic nitrogens is 1. The third kappa shape index (κ3) is 3.05. The van der Waals surface area contributed by atoms with Crippen molar-refractivity contribution >= 4 is 16.9 Å². The number of carbonyl (C=O) groups is 1. The second-order valence-corrected chi connectivity index (χ2v) is 5.59. The number of aryl methyl sites for hydroxylation is 1. The standard InChI is InChI=1S/C20H18FNO3/c1-4-25-20(23)16-8-7-14(15-6-5-9-22-19(15)16)17-11-13(24-3)10-12(2)18(17)21/h5-11H,4H2,1-3H3. The van der Waals surface area contributed by atoms with Crippen LogP contribution in [0, 0.1) is 12.7 Å². The van der Waals surface area contributed by atoms with Crippen LogP contribution >= 0.6 is 0 Å². The fourth-order valence-corrected chi connectivity index (χ4v) is 2.83. The lowest BCUT2D eigenvalue weighted by atomic mass is 9.96. The molecule has 0 fully saturated rings. The number of esters is 1. The van der Waals surface area contributed by atoms with Crippen LogP contribution in [-0.2, 0) is 4.74 Å². The van der Waals surface area contributed by atoms with Gasteiger partial charge in [0.1, 0.15) is 11.6 Å². The van der Waals surface area contributed by atoms with Gasteiger partial charge in [-0.3, -0.25) is 4.98 Å². The lowest BCUT2D eigenvalue weighted by Gasteiger charge is -2.13. The molecular formula is C20H18FNO3. The monoisotopic (exact) mass is 339 g/mol. The molecule has 0 atom stereocenters. The Labute approximate surface area is 145 Å². The molecule has 3 rings (SSSR count). The van der Waals surface area contributed by atoms with E-state index in [2.05, 4.69) is 4.98 Å². The van der Waals surface area contributed by atoms with Crippen LogP contribution in [0.4, 0.5) is 4.39 Å². The SMILES string of the molecule is CCOC(=O)c1ccc(-c2cc(OC)cc(C)c2F)c2cccnc12. The molecule has 5 heteroatoms. The Kier molecular flexibility index (Phi) is 4.65.